The number of nitrogens with two attached hydrogens (primary N) is 1. The molecule has 2 aliphatic carbocycles. The van der Waals surface area contributed by atoms with Gasteiger partial charge in [-0.3, -0.25) is 16.3 Å². The van der Waals surface area contributed by atoms with Crippen LogP contribution in [0.4, 0.5) is 0 Å². The largest absolute Gasteiger partial charge is 0.271 e. The van der Waals surface area contributed by atoms with Crippen molar-refractivity contribution in [3.05, 3.63) is 29.6 Å². The summed E-state index contributed by atoms with van der Waals surface area (Å²) in [5.41, 5.74) is 5.54. The van der Waals surface area contributed by atoms with Crippen LogP contribution in [0, 0.1) is 24.7 Å². The Morgan fingerprint density at radius 3 is 2.70 bits per heavy atom. The van der Waals surface area contributed by atoms with Crippen molar-refractivity contribution in [2.24, 2.45) is 23.6 Å². The predicted octanol–water partition coefficient (Wildman–Crippen LogP) is 3.50. The maximum absolute atomic E-state index is 5.88. The van der Waals surface area contributed by atoms with Crippen LogP contribution in [0.25, 0.3) is 0 Å². The van der Waals surface area contributed by atoms with Crippen LogP contribution in [0.15, 0.2) is 18.5 Å². The molecule has 2 saturated carbocycles. The van der Waals surface area contributed by atoms with Crippen molar-refractivity contribution in [2.75, 3.05) is 0 Å². The topological polar surface area (TPSA) is 50.9 Å². The average molecular weight is 273 g/mol. The van der Waals surface area contributed by atoms with E-state index in [2.05, 4.69) is 23.4 Å². The lowest BCUT2D eigenvalue weighted by Gasteiger charge is -2.41. The summed E-state index contributed by atoms with van der Waals surface area (Å²) in [7, 11) is 0. The van der Waals surface area contributed by atoms with Gasteiger partial charge in [-0.05, 0) is 55.1 Å². The molecule has 3 N–H and O–H groups in total. The van der Waals surface area contributed by atoms with Gasteiger partial charge < -0.3 is 0 Å². The zero-order valence-electron chi connectivity index (χ0n) is 12.5. The lowest BCUT2D eigenvalue weighted by molar-refractivity contribution is 0.109. The van der Waals surface area contributed by atoms with Gasteiger partial charge >= 0.3 is 0 Å². The summed E-state index contributed by atoms with van der Waals surface area (Å²) < 4.78 is 0. The molecule has 0 bridgehead atoms. The number of hydrazine groups is 1. The molecule has 0 amide bonds. The van der Waals surface area contributed by atoms with Crippen molar-refractivity contribution >= 4 is 0 Å². The van der Waals surface area contributed by atoms with Crippen LogP contribution in [-0.2, 0) is 0 Å². The number of hydrogen-bond acceptors (Lipinski definition) is 3. The highest BCUT2D eigenvalue weighted by molar-refractivity contribution is 5.21. The zero-order chi connectivity index (χ0) is 13.9. The Morgan fingerprint density at radius 1 is 1.15 bits per heavy atom. The van der Waals surface area contributed by atoms with Crippen molar-refractivity contribution in [3.8, 4) is 0 Å². The molecular formula is C17H27N3. The summed E-state index contributed by atoms with van der Waals surface area (Å²) in [6, 6.07) is 2.50. The number of hydrogen-bond donors (Lipinski definition) is 2. The number of nitrogens with zero attached hydrogens (tertiary/aromatic N) is 1. The van der Waals surface area contributed by atoms with Crippen LogP contribution >= 0.6 is 0 Å². The molecule has 2 aliphatic rings. The van der Waals surface area contributed by atoms with Gasteiger partial charge in [0.1, 0.15) is 0 Å². The Hall–Kier alpha value is -0.930. The molecule has 1 aromatic rings. The first-order chi connectivity index (χ1) is 9.78. The van der Waals surface area contributed by atoms with E-state index in [0.29, 0.717) is 5.92 Å². The molecule has 3 rings (SSSR count). The number of aromatic nitrogens is 1. The third-order valence-electron chi connectivity index (χ3n) is 5.49. The SMILES string of the molecule is Cc1cncc(C(NN)C2CCC3CCCCC3C2)c1. The normalized spacial score (nSPS) is 31.6. The minimum atomic E-state index is 0.269. The number of fused-ring (bicyclic) bond motifs is 1. The second-order valence-corrected chi connectivity index (χ2v) is 6.82. The van der Waals surface area contributed by atoms with Gasteiger partial charge in [0.05, 0.1) is 6.04 Å². The zero-order valence-corrected chi connectivity index (χ0v) is 12.5. The second-order valence-electron chi connectivity index (χ2n) is 6.82. The van der Waals surface area contributed by atoms with E-state index in [1.54, 1.807) is 0 Å². The molecule has 1 aromatic heterocycles. The van der Waals surface area contributed by atoms with Crippen molar-refractivity contribution in [3.63, 3.8) is 0 Å². The van der Waals surface area contributed by atoms with Crippen LogP contribution in [0.5, 0.6) is 0 Å². The Balaban J connectivity index is 1.73. The molecule has 110 valence electrons. The smallest absolute Gasteiger partial charge is 0.0503 e. The fraction of sp³-hybridized carbons (Fsp3) is 0.706. The van der Waals surface area contributed by atoms with E-state index >= 15 is 0 Å². The molecule has 4 unspecified atom stereocenters. The third kappa shape index (κ3) is 2.89. The molecule has 0 radical (unpaired) electrons. The van der Waals surface area contributed by atoms with Gasteiger partial charge in [0.2, 0.25) is 0 Å². The third-order valence-corrected chi connectivity index (χ3v) is 5.49. The molecule has 0 spiro atoms. The van der Waals surface area contributed by atoms with Crippen LogP contribution in [-0.4, -0.2) is 4.98 Å². The molecule has 0 aromatic carbocycles. The van der Waals surface area contributed by atoms with E-state index in [1.165, 1.54) is 56.1 Å². The Kier molecular flexibility index (Phi) is 4.37. The summed E-state index contributed by atoms with van der Waals surface area (Å²) in [5.74, 6) is 8.48. The fourth-order valence-corrected chi connectivity index (χ4v) is 4.47. The monoisotopic (exact) mass is 273 g/mol. The van der Waals surface area contributed by atoms with Crippen molar-refractivity contribution < 1.29 is 0 Å². The van der Waals surface area contributed by atoms with E-state index in [-0.39, 0.29) is 6.04 Å². The highest BCUT2D eigenvalue weighted by atomic mass is 15.2. The predicted molar refractivity (Wildman–Crippen MR) is 81.8 cm³/mol. The second kappa shape index (κ2) is 6.23. The van der Waals surface area contributed by atoms with Crippen molar-refractivity contribution in [1.29, 1.82) is 0 Å². The van der Waals surface area contributed by atoms with Gasteiger partial charge in [0.15, 0.2) is 0 Å². The number of aryl methyl sites for hydroxylation is 1. The van der Waals surface area contributed by atoms with Crippen molar-refractivity contribution in [2.45, 2.75) is 57.9 Å². The van der Waals surface area contributed by atoms with E-state index < -0.39 is 0 Å². The van der Waals surface area contributed by atoms with Crippen LogP contribution in [0.3, 0.4) is 0 Å². The molecule has 0 saturated heterocycles. The van der Waals surface area contributed by atoms with E-state index in [0.717, 1.165) is 11.8 Å². The summed E-state index contributed by atoms with van der Waals surface area (Å²) >= 11 is 0. The van der Waals surface area contributed by atoms with Crippen molar-refractivity contribution in [1.82, 2.24) is 10.4 Å². The first-order valence-electron chi connectivity index (χ1n) is 8.15. The first-order valence-corrected chi connectivity index (χ1v) is 8.15. The average Bonchev–Trinajstić information content (AvgIpc) is 2.48. The number of rotatable bonds is 3. The standard InChI is InChI=1S/C17H27N3/c1-12-8-16(11-19-10-12)17(20-18)15-7-6-13-4-2-3-5-14(13)9-15/h8,10-11,13-15,17,20H,2-7,9,18H2,1H3. The highest BCUT2D eigenvalue weighted by Gasteiger charge is 2.35. The van der Waals surface area contributed by atoms with E-state index in [1.807, 2.05) is 12.4 Å². The molecular weight excluding hydrogens is 246 g/mol. The molecule has 20 heavy (non-hydrogen) atoms. The summed E-state index contributed by atoms with van der Waals surface area (Å²) in [6.45, 7) is 2.10. The van der Waals surface area contributed by atoms with Gasteiger partial charge in [-0.1, -0.05) is 31.7 Å². The molecule has 1 heterocycles. The first kappa shape index (κ1) is 14.0. The summed E-state index contributed by atoms with van der Waals surface area (Å²) in [4.78, 5) is 4.33. The van der Waals surface area contributed by atoms with Gasteiger partial charge in [0.25, 0.3) is 0 Å². The van der Waals surface area contributed by atoms with Crippen LogP contribution in [0.2, 0.25) is 0 Å². The van der Waals surface area contributed by atoms with E-state index in [9.17, 15) is 0 Å². The van der Waals surface area contributed by atoms with Gasteiger partial charge in [0, 0.05) is 12.4 Å². The molecule has 4 atom stereocenters. The fourth-order valence-electron chi connectivity index (χ4n) is 4.47. The van der Waals surface area contributed by atoms with Crippen LogP contribution in [0.1, 0.15) is 62.1 Å². The maximum Gasteiger partial charge on any atom is 0.0503 e. The molecule has 3 heteroatoms. The van der Waals surface area contributed by atoms with E-state index in [4.69, 9.17) is 5.84 Å². The quantitative estimate of drug-likeness (QED) is 0.654. The molecule has 3 nitrogen and oxygen atoms in total. The maximum atomic E-state index is 5.88. The van der Waals surface area contributed by atoms with Gasteiger partial charge in [-0.25, -0.2) is 0 Å². The minimum absolute atomic E-state index is 0.269. The van der Waals surface area contributed by atoms with Gasteiger partial charge in [-0.15, -0.1) is 0 Å². The lowest BCUT2D eigenvalue weighted by Crippen LogP contribution is -2.38. The Bertz CT molecular complexity index is 446. The number of nitrogens with one attached hydrogen (secondary N) is 1. The summed E-state index contributed by atoms with van der Waals surface area (Å²) in [6.07, 6.45) is 13.7. The van der Waals surface area contributed by atoms with Gasteiger partial charge in [-0.2, -0.15) is 0 Å². The Morgan fingerprint density at radius 2 is 1.95 bits per heavy atom. The van der Waals surface area contributed by atoms with Crippen LogP contribution < -0.4 is 11.3 Å². The lowest BCUT2D eigenvalue weighted by atomic mass is 9.65. The molecule has 2 fully saturated rings. The molecule has 0 aliphatic heterocycles. The Labute approximate surface area is 122 Å². The summed E-state index contributed by atoms with van der Waals surface area (Å²) in [5, 5.41) is 0. The highest BCUT2D eigenvalue weighted by Crippen LogP contribution is 2.45. The number of pyridine rings is 1. The minimum Gasteiger partial charge on any atom is -0.271 e.